The third kappa shape index (κ3) is 10.6. The van der Waals surface area contributed by atoms with E-state index >= 15 is 0 Å². The predicted molar refractivity (Wildman–Crippen MR) is 133 cm³/mol. The molecule has 1 atom stereocenters. The van der Waals surface area contributed by atoms with Crippen molar-refractivity contribution in [2.75, 3.05) is 18.8 Å². The van der Waals surface area contributed by atoms with Gasteiger partial charge in [-0.15, -0.1) is 0 Å². The molecule has 1 N–H and O–H groups in total. The number of hydrogen-bond acceptors (Lipinski definition) is 5. The molecule has 7 heteroatoms. The van der Waals surface area contributed by atoms with Crippen molar-refractivity contribution in [3.05, 3.63) is 71.8 Å². The van der Waals surface area contributed by atoms with E-state index in [1.54, 1.807) is 25.7 Å². The fourth-order valence-corrected chi connectivity index (χ4v) is 3.78. The Morgan fingerprint density at radius 2 is 1.52 bits per heavy atom. The number of ether oxygens (including phenoxy) is 1. The van der Waals surface area contributed by atoms with Crippen LogP contribution in [-0.2, 0) is 27.2 Å². The molecular weight excluding hydrogens is 436 g/mol. The van der Waals surface area contributed by atoms with Crippen LogP contribution in [0, 0.1) is 0 Å². The lowest BCUT2D eigenvalue weighted by Gasteiger charge is -2.28. The molecule has 2 amide bonds. The average Bonchev–Trinajstić information content (AvgIpc) is 2.75. The number of thioether (sulfide) groups is 1. The lowest BCUT2D eigenvalue weighted by molar-refractivity contribution is -0.157. The smallest absolute Gasteiger partial charge is 0.329 e. The Labute approximate surface area is 201 Å². The van der Waals surface area contributed by atoms with Gasteiger partial charge in [0.1, 0.15) is 11.6 Å². The number of nitrogens with one attached hydrogen (secondary N) is 1. The number of esters is 1. The molecular formula is C26H34N2O4S. The van der Waals surface area contributed by atoms with Crippen molar-refractivity contribution in [3.8, 4) is 0 Å². The number of rotatable bonds is 10. The van der Waals surface area contributed by atoms with E-state index < -0.39 is 17.6 Å². The number of carbonyl (C=O) groups is 3. The molecule has 33 heavy (non-hydrogen) atoms. The lowest BCUT2D eigenvalue weighted by atomic mass is 10.1. The molecule has 0 saturated heterocycles. The van der Waals surface area contributed by atoms with Crippen molar-refractivity contribution < 1.29 is 19.1 Å². The van der Waals surface area contributed by atoms with Crippen molar-refractivity contribution in [1.29, 1.82) is 0 Å². The topological polar surface area (TPSA) is 75.7 Å². The summed E-state index contributed by atoms with van der Waals surface area (Å²) in [5, 5.41) is 2.89. The number of urea groups is 1. The second kappa shape index (κ2) is 13.0. The van der Waals surface area contributed by atoms with E-state index in [-0.39, 0.29) is 11.1 Å². The van der Waals surface area contributed by atoms with Crippen molar-refractivity contribution in [3.63, 3.8) is 0 Å². The maximum absolute atomic E-state index is 13.2. The van der Waals surface area contributed by atoms with E-state index in [1.807, 2.05) is 60.7 Å². The third-order valence-electron chi connectivity index (χ3n) is 4.74. The number of amides is 2. The highest BCUT2D eigenvalue weighted by Crippen LogP contribution is 2.13. The maximum atomic E-state index is 13.2. The van der Waals surface area contributed by atoms with Crippen LogP contribution in [0.5, 0.6) is 0 Å². The number of nitrogens with zero attached hydrogens (tertiary/aromatic N) is 1. The number of carbonyl (C=O) groups excluding carboxylic acids is 3. The molecule has 0 fully saturated rings. The highest BCUT2D eigenvalue weighted by molar-refractivity contribution is 8.13. The second-order valence-electron chi connectivity index (χ2n) is 8.79. The molecule has 0 radical (unpaired) electrons. The Kier molecular flexibility index (Phi) is 10.5. The molecule has 0 bridgehead atoms. The molecule has 2 rings (SSSR count). The van der Waals surface area contributed by atoms with Gasteiger partial charge < -0.3 is 15.0 Å². The third-order valence-corrected chi connectivity index (χ3v) is 5.53. The first-order chi connectivity index (χ1) is 15.6. The summed E-state index contributed by atoms with van der Waals surface area (Å²) in [5.74, 6) is 0.0219. The first-order valence-corrected chi connectivity index (χ1v) is 12.1. The molecule has 0 aliphatic carbocycles. The lowest BCUT2D eigenvalue weighted by Crippen LogP contribution is -2.51. The molecule has 0 saturated carbocycles. The fraction of sp³-hybridized carbons (Fsp3) is 0.423. The van der Waals surface area contributed by atoms with Gasteiger partial charge in [-0.05, 0) is 38.3 Å². The van der Waals surface area contributed by atoms with E-state index in [0.717, 1.165) is 11.1 Å². The highest BCUT2D eigenvalue weighted by Gasteiger charge is 2.28. The Morgan fingerprint density at radius 1 is 0.939 bits per heavy atom. The number of benzene rings is 2. The monoisotopic (exact) mass is 470 g/mol. The van der Waals surface area contributed by atoms with Crippen LogP contribution in [0.25, 0.3) is 0 Å². The minimum absolute atomic E-state index is 0.00845. The molecule has 0 aromatic heterocycles. The molecule has 0 aliphatic heterocycles. The first kappa shape index (κ1) is 26.5. The van der Waals surface area contributed by atoms with E-state index in [0.29, 0.717) is 31.7 Å². The summed E-state index contributed by atoms with van der Waals surface area (Å²) in [5.41, 5.74) is 1.38. The molecule has 2 aromatic rings. The molecule has 0 aliphatic rings. The Morgan fingerprint density at radius 3 is 2.06 bits per heavy atom. The Balaban J connectivity index is 2.13. The Bertz CT molecular complexity index is 898. The zero-order chi connectivity index (χ0) is 24.3. The molecule has 2 aromatic carbocycles. The van der Waals surface area contributed by atoms with Crippen LogP contribution in [0.4, 0.5) is 4.79 Å². The van der Waals surface area contributed by atoms with Crippen LogP contribution in [0.3, 0.4) is 0 Å². The van der Waals surface area contributed by atoms with Crippen molar-refractivity contribution in [2.45, 2.75) is 52.2 Å². The fourth-order valence-electron chi connectivity index (χ4n) is 3.18. The molecule has 1 unspecified atom stereocenters. The minimum atomic E-state index is -0.821. The Hall–Kier alpha value is -2.80. The van der Waals surface area contributed by atoms with E-state index in [4.69, 9.17) is 4.74 Å². The van der Waals surface area contributed by atoms with E-state index in [2.05, 4.69) is 5.32 Å². The molecule has 178 valence electrons. The van der Waals surface area contributed by atoms with Gasteiger partial charge in [0.25, 0.3) is 0 Å². The van der Waals surface area contributed by atoms with Crippen LogP contribution >= 0.6 is 11.8 Å². The van der Waals surface area contributed by atoms with Crippen molar-refractivity contribution in [1.82, 2.24) is 10.2 Å². The molecule has 0 spiro atoms. The van der Waals surface area contributed by atoms with Crippen LogP contribution in [0.1, 0.15) is 38.8 Å². The van der Waals surface area contributed by atoms with Crippen LogP contribution < -0.4 is 5.32 Å². The highest BCUT2D eigenvalue weighted by atomic mass is 32.2. The quantitative estimate of drug-likeness (QED) is 0.519. The summed E-state index contributed by atoms with van der Waals surface area (Å²) in [4.78, 5) is 39.1. The summed E-state index contributed by atoms with van der Waals surface area (Å²) in [7, 11) is 0. The van der Waals surface area contributed by atoms with E-state index in [9.17, 15) is 14.4 Å². The number of hydrogen-bond donors (Lipinski definition) is 1. The maximum Gasteiger partial charge on any atom is 0.329 e. The average molecular weight is 471 g/mol. The van der Waals surface area contributed by atoms with Gasteiger partial charge in [-0.1, -0.05) is 72.4 Å². The summed E-state index contributed by atoms with van der Waals surface area (Å²) >= 11 is 1.18. The summed E-state index contributed by atoms with van der Waals surface area (Å²) in [6.45, 7) is 7.79. The molecule has 0 heterocycles. The minimum Gasteiger partial charge on any atom is -0.458 e. The van der Waals surface area contributed by atoms with Gasteiger partial charge in [0, 0.05) is 32.2 Å². The van der Waals surface area contributed by atoms with Gasteiger partial charge in [0.15, 0.2) is 5.12 Å². The van der Waals surface area contributed by atoms with Gasteiger partial charge in [0.2, 0.25) is 0 Å². The summed E-state index contributed by atoms with van der Waals surface area (Å²) in [6.07, 6.45) is 1.00. The largest absolute Gasteiger partial charge is 0.458 e. The van der Waals surface area contributed by atoms with Gasteiger partial charge in [-0.25, -0.2) is 9.59 Å². The van der Waals surface area contributed by atoms with Crippen molar-refractivity contribution in [2.24, 2.45) is 0 Å². The summed E-state index contributed by atoms with van der Waals surface area (Å²) in [6, 6.07) is 18.3. The predicted octanol–water partition coefficient (Wildman–Crippen LogP) is 4.47. The standard InChI is InChI=1S/C26H34N2O4S/c1-20(29)33-18-17-28(16-15-21-11-7-5-8-12-21)25(31)27-23(24(30)32-26(2,3)4)19-22-13-9-6-10-14-22/h5-14,23H,15-19H2,1-4H3,(H,27,31). The van der Waals surface area contributed by atoms with Crippen LogP contribution in [-0.4, -0.2) is 52.5 Å². The first-order valence-electron chi connectivity index (χ1n) is 11.1. The van der Waals surface area contributed by atoms with Crippen LogP contribution in [0.15, 0.2) is 60.7 Å². The van der Waals surface area contributed by atoms with Crippen molar-refractivity contribution >= 4 is 28.9 Å². The second-order valence-corrected chi connectivity index (χ2v) is 10.1. The van der Waals surface area contributed by atoms with Gasteiger partial charge in [-0.3, -0.25) is 4.79 Å². The zero-order valence-electron chi connectivity index (χ0n) is 19.9. The summed E-state index contributed by atoms with van der Waals surface area (Å²) < 4.78 is 5.57. The molecule has 6 nitrogen and oxygen atoms in total. The van der Waals surface area contributed by atoms with Gasteiger partial charge in [0.05, 0.1) is 0 Å². The van der Waals surface area contributed by atoms with Crippen LogP contribution in [0.2, 0.25) is 0 Å². The van der Waals surface area contributed by atoms with Gasteiger partial charge in [-0.2, -0.15) is 0 Å². The SMILES string of the molecule is CC(=O)SCCN(CCc1ccccc1)C(=O)NC(Cc1ccccc1)C(=O)OC(C)(C)C. The normalized spacial score (nSPS) is 12.0. The zero-order valence-corrected chi connectivity index (χ0v) is 20.7. The van der Waals surface area contributed by atoms with E-state index in [1.165, 1.54) is 18.7 Å². The van der Waals surface area contributed by atoms with Gasteiger partial charge >= 0.3 is 12.0 Å².